The van der Waals surface area contributed by atoms with E-state index in [0.29, 0.717) is 13.2 Å². The van der Waals surface area contributed by atoms with E-state index in [-0.39, 0.29) is 11.8 Å². The largest absolute Gasteiger partial charge is 0.490 e. The Balaban J connectivity index is 1.76. The highest BCUT2D eigenvalue weighted by Gasteiger charge is 2.29. The van der Waals surface area contributed by atoms with E-state index in [0.717, 1.165) is 36.4 Å². The van der Waals surface area contributed by atoms with Gasteiger partial charge in [0.15, 0.2) is 11.5 Å². The van der Waals surface area contributed by atoms with E-state index in [1.165, 1.54) is 0 Å². The molecular formula is C13H15NO3. The summed E-state index contributed by atoms with van der Waals surface area (Å²) in [7, 11) is 0. The lowest BCUT2D eigenvalue weighted by atomic mass is 10.2. The molecule has 0 spiro atoms. The standard InChI is InChI=1S/C13H15NO3/c15-13(9-2-3-9)14-10-4-5-11-12(8-10)17-7-1-6-16-11/h4-5,8-9H,1-3,6-7H2,(H,14,15). The summed E-state index contributed by atoms with van der Waals surface area (Å²) in [5.41, 5.74) is 0.783. The molecule has 1 aliphatic heterocycles. The van der Waals surface area contributed by atoms with E-state index in [1.54, 1.807) is 0 Å². The molecule has 1 aromatic carbocycles. The molecule has 1 amide bonds. The summed E-state index contributed by atoms with van der Waals surface area (Å²) in [5.74, 6) is 1.80. The van der Waals surface area contributed by atoms with Gasteiger partial charge in [0.25, 0.3) is 0 Å². The van der Waals surface area contributed by atoms with E-state index in [2.05, 4.69) is 5.32 Å². The number of carbonyl (C=O) groups is 1. The predicted molar refractivity (Wildman–Crippen MR) is 63.4 cm³/mol. The fourth-order valence-corrected chi connectivity index (χ4v) is 1.83. The third kappa shape index (κ3) is 2.35. The number of fused-ring (bicyclic) bond motifs is 1. The Morgan fingerprint density at radius 1 is 1.18 bits per heavy atom. The lowest BCUT2D eigenvalue weighted by Crippen LogP contribution is -2.13. The van der Waals surface area contributed by atoms with Gasteiger partial charge in [-0.1, -0.05) is 0 Å². The quantitative estimate of drug-likeness (QED) is 0.851. The second-order valence-electron chi connectivity index (χ2n) is 4.48. The van der Waals surface area contributed by atoms with Gasteiger partial charge < -0.3 is 14.8 Å². The molecule has 2 aliphatic rings. The molecule has 1 aliphatic carbocycles. The Kier molecular flexibility index (Phi) is 2.63. The highest BCUT2D eigenvalue weighted by molar-refractivity contribution is 5.94. The molecule has 0 aromatic heterocycles. The molecule has 17 heavy (non-hydrogen) atoms. The van der Waals surface area contributed by atoms with Crippen LogP contribution in [0.3, 0.4) is 0 Å². The molecular weight excluding hydrogens is 218 g/mol. The lowest BCUT2D eigenvalue weighted by Gasteiger charge is -2.10. The van der Waals surface area contributed by atoms with Crippen molar-refractivity contribution >= 4 is 11.6 Å². The van der Waals surface area contributed by atoms with Crippen molar-refractivity contribution in [2.75, 3.05) is 18.5 Å². The molecule has 0 saturated heterocycles. The van der Waals surface area contributed by atoms with Crippen molar-refractivity contribution in [3.8, 4) is 11.5 Å². The Hall–Kier alpha value is -1.71. The first kappa shape index (κ1) is 10.4. The summed E-state index contributed by atoms with van der Waals surface area (Å²) in [6.07, 6.45) is 2.91. The van der Waals surface area contributed by atoms with Crippen LogP contribution in [0, 0.1) is 5.92 Å². The minimum Gasteiger partial charge on any atom is -0.490 e. The van der Waals surface area contributed by atoms with Crippen LogP contribution in [0.2, 0.25) is 0 Å². The van der Waals surface area contributed by atoms with Gasteiger partial charge in [0.05, 0.1) is 13.2 Å². The van der Waals surface area contributed by atoms with Crippen LogP contribution in [-0.4, -0.2) is 19.1 Å². The molecule has 0 atom stereocenters. The Labute approximate surface area is 99.9 Å². The van der Waals surface area contributed by atoms with Crippen LogP contribution in [-0.2, 0) is 4.79 Å². The van der Waals surface area contributed by atoms with E-state index in [9.17, 15) is 4.79 Å². The number of amides is 1. The molecule has 90 valence electrons. The molecule has 1 heterocycles. The number of hydrogen-bond donors (Lipinski definition) is 1. The van der Waals surface area contributed by atoms with E-state index >= 15 is 0 Å². The molecule has 1 saturated carbocycles. The highest BCUT2D eigenvalue weighted by atomic mass is 16.5. The third-order valence-electron chi connectivity index (χ3n) is 2.96. The fraction of sp³-hybridized carbons (Fsp3) is 0.462. The maximum Gasteiger partial charge on any atom is 0.227 e. The first-order valence-electron chi connectivity index (χ1n) is 6.03. The van der Waals surface area contributed by atoms with Crippen LogP contribution >= 0.6 is 0 Å². The van der Waals surface area contributed by atoms with Crippen molar-refractivity contribution < 1.29 is 14.3 Å². The number of ether oxygens (including phenoxy) is 2. The van der Waals surface area contributed by atoms with Gasteiger partial charge in [0, 0.05) is 24.1 Å². The third-order valence-corrected chi connectivity index (χ3v) is 2.96. The average molecular weight is 233 g/mol. The van der Waals surface area contributed by atoms with Crippen molar-refractivity contribution in [1.29, 1.82) is 0 Å². The van der Waals surface area contributed by atoms with Crippen LogP contribution in [0.5, 0.6) is 11.5 Å². The first-order chi connectivity index (χ1) is 8.33. The number of carbonyl (C=O) groups excluding carboxylic acids is 1. The SMILES string of the molecule is O=C(Nc1ccc2c(c1)OCCCO2)C1CC1. The molecule has 3 rings (SSSR count). The van der Waals surface area contributed by atoms with Crippen LogP contribution in [0.4, 0.5) is 5.69 Å². The predicted octanol–water partition coefficient (Wildman–Crippen LogP) is 2.20. The number of benzene rings is 1. The lowest BCUT2D eigenvalue weighted by molar-refractivity contribution is -0.117. The second-order valence-corrected chi connectivity index (χ2v) is 4.48. The van der Waals surface area contributed by atoms with Crippen LogP contribution < -0.4 is 14.8 Å². The van der Waals surface area contributed by atoms with Gasteiger partial charge in [-0.2, -0.15) is 0 Å². The molecule has 0 radical (unpaired) electrons. The average Bonchev–Trinajstić information content (AvgIpc) is 3.16. The summed E-state index contributed by atoms with van der Waals surface area (Å²) in [6, 6.07) is 5.54. The summed E-state index contributed by atoms with van der Waals surface area (Å²) in [4.78, 5) is 11.6. The fourth-order valence-electron chi connectivity index (χ4n) is 1.83. The molecule has 4 heteroatoms. The summed E-state index contributed by atoms with van der Waals surface area (Å²) in [5, 5.41) is 2.90. The van der Waals surface area contributed by atoms with E-state index in [4.69, 9.17) is 9.47 Å². The van der Waals surface area contributed by atoms with Crippen molar-refractivity contribution in [2.45, 2.75) is 19.3 Å². The number of rotatable bonds is 2. The van der Waals surface area contributed by atoms with E-state index < -0.39 is 0 Å². The van der Waals surface area contributed by atoms with Gasteiger partial charge in [-0.05, 0) is 25.0 Å². The molecule has 0 bridgehead atoms. The van der Waals surface area contributed by atoms with Gasteiger partial charge >= 0.3 is 0 Å². The summed E-state index contributed by atoms with van der Waals surface area (Å²) < 4.78 is 11.1. The Bertz CT molecular complexity index is 440. The second kappa shape index (κ2) is 4.28. The molecule has 4 nitrogen and oxygen atoms in total. The van der Waals surface area contributed by atoms with Gasteiger partial charge in [0.2, 0.25) is 5.91 Å². The van der Waals surface area contributed by atoms with Crippen LogP contribution in [0.25, 0.3) is 0 Å². The van der Waals surface area contributed by atoms with Gasteiger partial charge in [-0.3, -0.25) is 4.79 Å². The molecule has 1 fully saturated rings. The first-order valence-corrected chi connectivity index (χ1v) is 6.03. The number of hydrogen-bond acceptors (Lipinski definition) is 3. The van der Waals surface area contributed by atoms with Crippen LogP contribution in [0.1, 0.15) is 19.3 Å². The normalized spacial score (nSPS) is 18.4. The molecule has 1 aromatic rings. The zero-order valence-corrected chi connectivity index (χ0v) is 9.57. The minimum atomic E-state index is 0.111. The number of nitrogens with one attached hydrogen (secondary N) is 1. The zero-order valence-electron chi connectivity index (χ0n) is 9.57. The van der Waals surface area contributed by atoms with Crippen molar-refractivity contribution in [1.82, 2.24) is 0 Å². The monoisotopic (exact) mass is 233 g/mol. The Morgan fingerprint density at radius 2 is 1.94 bits per heavy atom. The van der Waals surface area contributed by atoms with Crippen LogP contribution in [0.15, 0.2) is 18.2 Å². The maximum atomic E-state index is 11.6. The van der Waals surface area contributed by atoms with Crippen molar-refractivity contribution in [3.63, 3.8) is 0 Å². The van der Waals surface area contributed by atoms with Crippen molar-refractivity contribution in [3.05, 3.63) is 18.2 Å². The van der Waals surface area contributed by atoms with Gasteiger partial charge in [0.1, 0.15) is 0 Å². The smallest absolute Gasteiger partial charge is 0.227 e. The highest BCUT2D eigenvalue weighted by Crippen LogP contribution is 2.34. The molecule has 0 unspecified atom stereocenters. The Morgan fingerprint density at radius 3 is 2.71 bits per heavy atom. The van der Waals surface area contributed by atoms with E-state index in [1.807, 2.05) is 18.2 Å². The van der Waals surface area contributed by atoms with Crippen molar-refractivity contribution in [2.24, 2.45) is 5.92 Å². The maximum absolute atomic E-state index is 11.6. The number of anilines is 1. The van der Waals surface area contributed by atoms with Gasteiger partial charge in [-0.25, -0.2) is 0 Å². The van der Waals surface area contributed by atoms with Gasteiger partial charge in [-0.15, -0.1) is 0 Å². The summed E-state index contributed by atoms with van der Waals surface area (Å²) >= 11 is 0. The topological polar surface area (TPSA) is 47.6 Å². The summed E-state index contributed by atoms with van der Waals surface area (Å²) in [6.45, 7) is 1.34. The zero-order chi connectivity index (χ0) is 11.7. The molecule has 1 N–H and O–H groups in total. The minimum absolute atomic E-state index is 0.111.